The Balaban J connectivity index is 2.36. The number of thiazole rings is 1. The molecule has 1 aromatic carbocycles. The number of carboxylic acid groups (broad SMARTS) is 1. The van der Waals surface area contributed by atoms with Crippen LogP contribution in [0.3, 0.4) is 0 Å². The Labute approximate surface area is 127 Å². The van der Waals surface area contributed by atoms with Gasteiger partial charge in [0.2, 0.25) is 0 Å². The summed E-state index contributed by atoms with van der Waals surface area (Å²) in [6.45, 7) is 8.15. The Kier molecular flexibility index (Phi) is 4.50. The van der Waals surface area contributed by atoms with E-state index in [1.54, 1.807) is 6.92 Å². The highest BCUT2D eigenvalue weighted by molar-refractivity contribution is 8.00. The standard InChI is InChI=1S/C15H17NO2S2/c1-8(2)19-12-6-5-11(7-9(12)3)14-16-10(4)13(20-14)15(17)18/h5-8H,1-4H3,(H,17,18). The highest BCUT2D eigenvalue weighted by atomic mass is 32.2. The van der Waals surface area contributed by atoms with Gasteiger partial charge in [-0.1, -0.05) is 19.9 Å². The Bertz CT molecular complexity index is 647. The van der Waals surface area contributed by atoms with Crippen molar-refractivity contribution in [3.8, 4) is 10.6 Å². The van der Waals surface area contributed by atoms with Crippen LogP contribution in [0.15, 0.2) is 23.1 Å². The molecule has 0 radical (unpaired) electrons. The molecule has 0 bridgehead atoms. The van der Waals surface area contributed by atoms with Gasteiger partial charge in [-0.05, 0) is 31.5 Å². The number of aromatic nitrogens is 1. The van der Waals surface area contributed by atoms with Crippen molar-refractivity contribution in [2.75, 3.05) is 0 Å². The highest BCUT2D eigenvalue weighted by Crippen LogP contribution is 2.32. The lowest BCUT2D eigenvalue weighted by molar-refractivity contribution is 0.0701. The number of aryl methyl sites for hydroxylation is 2. The van der Waals surface area contributed by atoms with Crippen LogP contribution in [-0.2, 0) is 0 Å². The van der Waals surface area contributed by atoms with Gasteiger partial charge in [0, 0.05) is 15.7 Å². The molecule has 0 atom stereocenters. The number of carbonyl (C=O) groups is 1. The monoisotopic (exact) mass is 307 g/mol. The molecule has 0 aliphatic heterocycles. The average molecular weight is 307 g/mol. The van der Waals surface area contributed by atoms with E-state index in [4.69, 9.17) is 5.11 Å². The van der Waals surface area contributed by atoms with Crippen molar-refractivity contribution in [1.29, 1.82) is 0 Å². The van der Waals surface area contributed by atoms with E-state index in [1.165, 1.54) is 21.8 Å². The van der Waals surface area contributed by atoms with Crippen molar-refractivity contribution in [3.05, 3.63) is 34.3 Å². The van der Waals surface area contributed by atoms with Crippen LogP contribution in [0.25, 0.3) is 10.6 Å². The van der Waals surface area contributed by atoms with Crippen LogP contribution in [0.5, 0.6) is 0 Å². The normalized spacial score (nSPS) is 11.1. The Morgan fingerprint density at radius 3 is 2.55 bits per heavy atom. The van der Waals surface area contributed by atoms with Gasteiger partial charge in [-0.25, -0.2) is 9.78 Å². The van der Waals surface area contributed by atoms with Crippen LogP contribution in [0.2, 0.25) is 0 Å². The van der Waals surface area contributed by atoms with Crippen LogP contribution < -0.4 is 0 Å². The van der Waals surface area contributed by atoms with Crippen LogP contribution in [0, 0.1) is 13.8 Å². The van der Waals surface area contributed by atoms with E-state index >= 15 is 0 Å². The van der Waals surface area contributed by atoms with Crippen LogP contribution in [0.4, 0.5) is 0 Å². The third kappa shape index (κ3) is 3.22. The first-order chi connectivity index (χ1) is 9.38. The number of benzene rings is 1. The summed E-state index contributed by atoms with van der Waals surface area (Å²) in [5.74, 6) is -0.907. The molecule has 0 saturated carbocycles. The third-order valence-corrected chi connectivity index (χ3v) is 5.15. The van der Waals surface area contributed by atoms with Gasteiger partial charge in [0.25, 0.3) is 0 Å². The van der Waals surface area contributed by atoms with E-state index in [-0.39, 0.29) is 0 Å². The van der Waals surface area contributed by atoms with Crippen LogP contribution >= 0.6 is 23.1 Å². The molecule has 2 rings (SSSR count). The molecule has 20 heavy (non-hydrogen) atoms. The van der Waals surface area contributed by atoms with E-state index in [0.717, 1.165) is 10.6 Å². The lowest BCUT2D eigenvalue weighted by atomic mass is 10.1. The summed E-state index contributed by atoms with van der Waals surface area (Å²) in [6, 6.07) is 6.18. The largest absolute Gasteiger partial charge is 0.477 e. The molecular formula is C15H17NO2S2. The maximum atomic E-state index is 11.1. The summed E-state index contributed by atoms with van der Waals surface area (Å²) in [4.78, 5) is 17.0. The SMILES string of the molecule is Cc1cc(-c2nc(C)c(C(=O)O)s2)ccc1SC(C)C. The number of nitrogens with zero attached hydrogens (tertiary/aromatic N) is 1. The smallest absolute Gasteiger partial charge is 0.347 e. The zero-order chi connectivity index (χ0) is 14.9. The van der Waals surface area contributed by atoms with Gasteiger partial charge in [0.05, 0.1) is 5.69 Å². The molecule has 0 aliphatic rings. The van der Waals surface area contributed by atoms with Gasteiger partial charge in [-0.3, -0.25) is 0 Å². The van der Waals surface area contributed by atoms with Crippen molar-refractivity contribution >= 4 is 29.1 Å². The molecule has 1 aromatic heterocycles. The maximum absolute atomic E-state index is 11.1. The molecule has 5 heteroatoms. The first-order valence-corrected chi connectivity index (χ1v) is 8.06. The second kappa shape index (κ2) is 5.97. The number of thioether (sulfide) groups is 1. The molecule has 0 spiro atoms. The van der Waals surface area contributed by atoms with E-state index < -0.39 is 5.97 Å². The fourth-order valence-electron chi connectivity index (χ4n) is 1.89. The Morgan fingerprint density at radius 2 is 2.05 bits per heavy atom. The minimum absolute atomic E-state index is 0.318. The summed E-state index contributed by atoms with van der Waals surface area (Å²) in [5.41, 5.74) is 2.76. The van der Waals surface area contributed by atoms with Gasteiger partial charge in [-0.15, -0.1) is 23.1 Å². The number of hydrogen-bond donors (Lipinski definition) is 1. The molecule has 106 valence electrons. The van der Waals surface area contributed by atoms with Crippen LogP contribution in [0.1, 0.15) is 34.8 Å². The first kappa shape index (κ1) is 15.1. The van der Waals surface area contributed by atoms with Gasteiger partial charge in [0.1, 0.15) is 9.88 Å². The third-order valence-electron chi connectivity index (χ3n) is 2.78. The predicted octanol–water partition coefficient (Wildman–Crippen LogP) is 4.63. The number of rotatable bonds is 4. The minimum Gasteiger partial charge on any atom is -0.477 e. The Morgan fingerprint density at radius 1 is 1.35 bits per heavy atom. The predicted molar refractivity (Wildman–Crippen MR) is 85.0 cm³/mol. The molecule has 0 aliphatic carbocycles. The molecule has 1 N–H and O–H groups in total. The lowest BCUT2D eigenvalue weighted by Gasteiger charge is -2.09. The average Bonchev–Trinajstić information content (AvgIpc) is 2.73. The van der Waals surface area contributed by atoms with Crippen molar-refractivity contribution in [3.63, 3.8) is 0 Å². The highest BCUT2D eigenvalue weighted by Gasteiger charge is 2.15. The summed E-state index contributed by atoms with van der Waals surface area (Å²) in [5, 5.41) is 10.4. The van der Waals surface area contributed by atoms with E-state index in [2.05, 4.69) is 37.9 Å². The van der Waals surface area contributed by atoms with Gasteiger partial charge >= 0.3 is 5.97 Å². The van der Waals surface area contributed by atoms with Gasteiger partial charge in [0.15, 0.2) is 0 Å². The van der Waals surface area contributed by atoms with Crippen molar-refractivity contribution in [1.82, 2.24) is 4.98 Å². The van der Waals surface area contributed by atoms with Crippen molar-refractivity contribution in [2.45, 2.75) is 37.8 Å². The second-order valence-corrected chi connectivity index (χ2v) is 7.50. The first-order valence-electron chi connectivity index (χ1n) is 6.37. The summed E-state index contributed by atoms with van der Waals surface area (Å²) >= 11 is 3.06. The van der Waals surface area contributed by atoms with Crippen LogP contribution in [-0.4, -0.2) is 21.3 Å². The van der Waals surface area contributed by atoms with Gasteiger partial charge < -0.3 is 5.11 Å². The summed E-state index contributed by atoms with van der Waals surface area (Å²) in [7, 11) is 0. The van der Waals surface area contributed by atoms with E-state index in [9.17, 15) is 4.79 Å². The molecule has 1 heterocycles. The molecule has 3 nitrogen and oxygen atoms in total. The van der Waals surface area contributed by atoms with Crippen molar-refractivity contribution in [2.24, 2.45) is 0 Å². The molecule has 0 fully saturated rings. The second-order valence-electron chi connectivity index (χ2n) is 4.89. The minimum atomic E-state index is -0.907. The molecule has 0 saturated heterocycles. The van der Waals surface area contributed by atoms with E-state index in [1.807, 2.05) is 17.8 Å². The summed E-state index contributed by atoms with van der Waals surface area (Å²) < 4.78 is 0. The number of hydrogen-bond acceptors (Lipinski definition) is 4. The fourth-order valence-corrected chi connectivity index (χ4v) is 3.69. The topological polar surface area (TPSA) is 50.2 Å². The van der Waals surface area contributed by atoms with Crippen molar-refractivity contribution < 1.29 is 9.90 Å². The Hall–Kier alpha value is -1.33. The molecular weight excluding hydrogens is 290 g/mol. The molecule has 0 unspecified atom stereocenters. The number of aromatic carboxylic acids is 1. The lowest BCUT2D eigenvalue weighted by Crippen LogP contribution is -1.94. The number of carboxylic acids is 1. The quantitative estimate of drug-likeness (QED) is 0.837. The van der Waals surface area contributed by atoms with Gasteiger partial charge in [-0.2, -0.15) is 0 Å². The van der Waals surface area contributed by atoms with E-state index in [0.29, 0.717) is 15.8 Å². The zero-order valence-electron chi connectivity index (χ0n) is 11.9. The molecule has 2 aromatic rings. The fraction of sp³-hybridized carbons (Fsp3) is 0.333. The zero-order valence-corrected chi connectivity index (χ0v) is 13.6. The maximum Gasteiger partial charge on any atom is 0.347 e. The summed E-state index contributed by atoms with van der Waals surface area (Å²) in [6.07, 6.45) is 0. The molecule has 0 amide bonds.